The van der Waals surface area contributed by atoms with E-state index in [2.05, 4.69) is 30.2 Å². The van der Waals surface area contributed by atoms with E-state index in [1.54, 1.807) is 0 Å². The van der Waals surface area contributed by atoms with Crippen molar-refractivity contribution >= 4 is 17.3 Å². The number of carbonyl (C=O) groups excluding carboxylic acids is 1. The van der Waals surface area contributed by atoms with Crippen molar-refractivity contribution in [3.8, 4) is 11.9 Å². The van der Waals surface area contributed by atoms with E-state index in [9.17, 15) is 10.1 Å². The number of rotatable bonds is 2. The van der Waals surface area contributed by atoms with Crippen molar-refractivity contribution in [2.45, 2.75) is 32.6 Å². The summed E-state index contributed by atoms with van der Waals surface area (Å²) in [4.78, 5) is 17.7. The minimum atomic E-state index is -0.360. The highest BCUT2D eigenvalue weighted by Gasteiger charge is 2.42. The number of hydrogen-bond acceptors (Lipinski definition) is 6. The van der Waals surface area contributed by atoms with Gasteiger partial charge in [0.15, 0.2) is 5.78 Å². The molecule has 28 heavy (non-hydrogen) atoms. The van der Waals surface area contributed by atoms with E-state index in [4.69, 9.17) is 10.5 Å². The van der Waals surface area contributed by atoms with Crippen LogP contribution in [0.1, 0.15) is 49.3 Å². The molecule has 2 aliphatic rings. The first-order valence-electron chi connectivity index (χ1n) is 9.22. The van der Waals surface area contributed by atoms with E-state index >= 15 is 0 Å². The van der Waals surface area contributed by atoms with Crippen molar-refractivity contribution in [1.82, 2.24) is 4.98 Å². The third-order valence-electron chi connectivity index (χ3n) is 5.45. The summed E-state index contributed by atoms with van der Waals surface area (Å²) in [5, 5.41) is 12.9. The van der Waals surface area contributed by atoms with Gasteiger partial charge in [-0.1, -0.05) is 44.2 Å². The standard InChI is InChI=1S/C22H22N4O2/c1-22(2)9-14-17(15(27)10-22)16(12-7-5-4-6-8-12)18-19(24)13(11-23)21(28-3)26-20(18)25-14/h4-8,16H,9-10H2,1-3H3,(H3,24,25,26). The Bertz CT molecular complexity index is 1050. The number of aromatic nitrogens is 1. The molecule has 0 fully saturated rings. The fraction of sp³-hybridized carbons (Fsp3) is 0.318. The lowest BCUT2D eigenvalue weighted by Gasteiger charge is -2.39. The topological polar surface area (TPSA) is 101 Å². The van der Waals surface area contributed by atoms with Gasteiger partial charge in [0.2, 0.25) is 5.88 Å². The molecule has 1 atom stereocenters. The number of fused-ring (bicyclic) bond motifs is 1. The number of ketones is 1. The Kier molecular flexibility index (Phi) is 4.11. The summed E-state index contributed by atoms with van der Waals surface area (Å²) in [5.74, 6) is 0.475. The highest BCUT2D eigenvalue weighted by atomic mass is 16.5. The van der Waals surface area contributed by atoms with Crippen LogP contribution < -0.4 is 15.8 Å². The molecular weight excluding hydrogens is 352 g/mol. The Morgan fingerprint density at radius 2 is 2.00 bits per heavy atom. The molecule has 1 aromatic carbocycles. The maximum atomic E-state index is 13.2. The van der Waals surface area contributed by atoms with Gasteiger partial charge in [0.05, 0.1) is 12.8 Å². The second-order valence-electron chi connectivity index (χ2n) is 8.09. The van der Waals surface area contributed by atoms with Gasteiger partial charge >= 0.3 is 0 Å². The Hall–Kier alpha value is -3.33. The highest BCUT2D eigenvalue weighted by Crippen LogP contribution is 2.51. The van der Waals surface area contributed by atoms with Crippen LogP contribution in [0.3, 0.4) is 0 Å². The third-order valence-corrected chi connectivity index (χ3v) is 5.45. The van der Waals surface area contributed by atoms with Gasteiger partial charge in [-0.2, -0.15) is 10.2 Å². The number of nitrogens with zero attached hydrogens (tertiary/aromatic N) is 2. The Balaban J connectivity index is 2.02. The number of nitrogen functional groups attached to an aromatic ring is 1. The van der Waals surface area contributed by atoms with Crippen LogP contribution in [0.2, 0.25) is 0 Å². The summed E-state index contributed by atoms with van der Waals surface area (Å²) in [6.07, 6.45) is 1.21. The predicted molar refractivity (Wildman–Crippen MR) is 107 cm³/mol. The zero-order valence-electron chi connectivity index (χ0n) is 16.2. The number of hydrogen-bond donors (Lipinski definition) is 2. The maximum Gasteiger partial charge on any atom is 0.235 e. The molecular formula is C22H22N4O2. The van der Waals surface area contributed by atoms with E-state index in [0.29, 0.717) is 23.5 Å². The summed E-state index contributed by atoms with van der Waals surface area (Å²) in [5.41, 5.74) is 9.99. The number of ether oxygens (including phenoxy) is 1. The molecule has 1 aliphatic heterocycles. The number of anilines is 2. The Morgan fingerprint density at radius 3 is 2.64 bits per heavy atom. The van der Waals surface area contributed by atoms with Gasteiger partial charge in [0.1, 0.15) is 17.5 Å². The van der Waals surface area contributed by atoms with Crippen LogP contribution in [0.15, 0.2) is 41.6 Å². The molecule has 3 N–H and O–H groups in total. The average Bonchev–Trinajstić information content (AvgIpc) is 2.65. The SMILES string of the molecule is COc1nc2c(c(N)c1C#N)C(c1ccccc1)C1=C(CC(C)(C)CC1=O)N2. The molecule has 0 spiro atoms. The first kappa shape index (κ1) is 18.1. The molecule has 2 aromatic rings. The van der Waals surface area contributed by atoms with Crippen molar-refractivity contribution in [2.75, 3.05) is 18.2 Å². The van der Waals surface area contributed by atoms with Crippen molar-refractivity contribution in [1.29, 1.82) is 5.26 Å². The summed E-state index contributed by atoms with van der Waals surface area (Å²) >= 11 is 0. The molecule has 1 aliphatic carbocycles. The molecule has 4 rings (SSSR count). The number of pyridine rings is 1. The van der Waals surface area contributed by atoms with Gasteiger partial charge in [-0.25, -0.2) is 0 Å². The molecule has 2 heterocycles. The zero-order chi connectivity index (χ0) is 20.1. The quantitative estimate of drug-likeness (QED) is 0.830. The van der Waals surface area contributed by atoms with E-state index < -0.39 is 0 Å². The van der Waals surface area contributed by atoms with Crippen molar-refractivity contribution in [3.63, 3.8) is 0 Å². The molecule has 6 heteroatoms. The van der Waals surface area contributed by atoms with Crippen LogP contribution in [0, 0.1) is 16.7 Å². The number of allylic oxidation sites excluding steroid dienone is 2. The van der Waals surface area contributed by atoms with Gasteiger partial charge < -0.3 is 15.8 Å². The van der Waals surface area contributed by atoms with Crippen molar-refractivity contribution in [3.05, 3.63) is 58.3 Å². The molecule has 1 aromatic heterocycles. The lowest BCUT2D eigenvalue weighted by atomic mass is 9.69. The number of nitrogens with one attached hydrogen (secondary N) is 1. The number of nitrogens with two attached hydrogens (primary N) is 1. The van der Waals surface area contributed by atoms with Crippen molar-refractivity contribution in [2.24, 2.45) is 5.41 Å². The second kappa shape index (κ2) is 6.38. The largest absolute Gasteiger partial charge is 0.480 e. The monoisotopic (exact) mass is 374 g/mol. The maximum absolute atomic E-state index is 13.2. The van der Waals surface area contributed by atoms with Crippen LogP contribution in [-0.2, 0) is 4.79 Å². The lowest BCUT2D eigenvalue weighted by molar-refractivity contribution is -0.118. The molecule has 1 unspecified atom stereocenters. The first-order chi connectivity index (χ1) is 13.4. The fourth-order valence-corrected chi connectivity index (χ4v) is 4.29. The second-order valence-corrected chi connectivity index (χ2v) is 8.09. The van der Waals surface area contributed by atoms with E-state index in [0.717, 1.165) is 23.3 Å². The van der Waals surface area contributed by atoms with Crippen LogP contribution >= 0.6 is 0 Å². The number of nitriles is 1. The number of methoxy groups -OCH3 is 1. The fourth-order valence-electron chi connectivity index (χ4n) is 4.29. The third kappa shape index (κ3) is 2.71. The summed E-state index contributed by atoms with van der Waals surface area (Å²) < 4.78 is 5.29. The van der Waals surface area contributed by atoms with Crippen LogP contribution in [0.4, 0.5) is 11.5 Å². The number of Topliss-reactive ketones (excluding diaryl/α,β-unsaturated/α-hetero) is 1. The highest BCUT2D eigenvalue weighted by molar-refractivity contribution is 6.02. The molecule has 0 bridgehead atoms. The Morgan fingerprint density at radius 1 is 1.29 bits per heavy atom. The Labute approximate surface area is 164 Å². The molecule has 6 nitrogen and oxygen atoms in total. The zero-order valence-corrected chi connectivity index (χ0v) is 16.2. The molecule has 0 radical (unpaired) electrons. The van der Waals surface area contributed by atoms with Gasteiger partial charge in [-0.15, -0.1) is 0 Å². The summed E-state index contributed by atoms with van der Waals surface area (Å²) in [6, 6.07) is 11.9. The van der Waals surface area contributed by atoms with E-state index in [1.165, 1.54) is 7.11 Å². The average molecular weight is 374 g/mol. The van der Waals surface area contributed by atoms with Gasteiger partial charge in [-0.3, -0.25) is 4.79 Å². The van der Waals surface area contributed by atoms with E-state index in [1.807, 2.05) is 30.3 Å². The number of benzene rings is 1. The van der Waals surface area contributed by atoms with Gasteiger partial charge in [0.25, 0.3) is 0 Å². The minimum absolute atomic E-state index is 0.104. The van der Waals surface area contributed by atoms with Gasteiger partial charge in [-0.05, 0) is 17.4 Å². The smallest absolute Gasteiger partial charge is 0.235 e. The minimum Gasteiger partial charge on any atom is -0.480 e. The summed E-state index contributed by atoms with van der Waals surface area (Å²) in [7, 11) is 1.46. The molecule has 0 amide bonds. The normalized spacial score (nSPS) is 19.9. The lowest BCUT2D eigenvalue weighted by Crippen LogP contribution is -2.34. The van der Waals surface area contributed by atoms with E-state index in [-0.39, 0.29) is 28.6 Å². The number of carbonyl (C=O) groups is 1. The molecule has 0 saturated heterocycles. The predicted octanol–water partition coefficient (Wildman–Crippen LogP) is 3.74. The molecule has 142 valence electrons. The van der Waals surface area contributed by atoms with Gasteiger partial charge in [0, 0.05) is 29.2 Å². The van der Waals surface area contributed by atoms with Crippen molar-refractivity contribution < 1.29 is 9.53 Å². The molecule has 0 saturated carbocycles. The van der Waals surface area contributed by atoms with Crippen LogP contribution in [0.5, 0.6) is 5.88 Å². The van der Waals surface area contributed by atoms with Crippen LogP contribution in [-0.4, -0.2) is 17.9 Å². The first-order valence-corrected chi connectivity index (χ1v) is 9.22. The van der Waals surface area contributed by atoms with Crippen LogP contribution in [0.25, 0.3) is 0 Å². The summed E-state index contributed by atoms with van der Waals surface area (Å²) in [6.45, 7) is 4.18.